The van der Waals surface area contributed by atoms with Gasteiger partial charge in [0.2, 0.25) is 0 Å². The minimum Gasteiger partial charge on any atom is -0.325 e. The van der Waals surface area contributed by atoms with E-state index in [9.17, 15) is 0 Å². The zero-order chi connectivity index (χ0) is 9.27. The molecule has 0 amide bonds. The molecule has 74 valence electrons. The maximum atomic E-state index is 6.47. The molecule has 0 aromatic rings. The van der Waals surface area contributed by atoms with E-state index in [2.05, 4.69) is 13.8 Å². The Kier molecular flexibility index (Phi) is 1.36. The minimum absolute atomic E-state index is 0.243. The van der Waals surface area contributed by atoms with Gasteiger partial charge in [0.1, 0.15) is 0 Å². The Bertz CT molecular complexity index is 250. The van der Waals surface area contributed by atoms with Gasteiger partial charge in [0.05, 0.1) is 0 Å². The number of nitrogens with two attached hydrogens (primary N) is 1. The maximum Gasteiger partial charge on any atom is 0.0165 e. The van der Waals surface area contributed by atoms with Gasteiger partial charge in [0.25, 0.3) is 0 Å². The van der Waals surface area contributed by atoms with Crippen molar-refractivity contribution >= 4 is 0 Å². The Morgan fingerprint density at radius 1 is 1.23 bits per heavy atom. The summed E-state index contributed by atoms with van der Waals surface area (Å²) in [5.41, 5.74) is 7.31. The third kappa shape index (κ3) is 0.971. The number of hydrogen-bond donors (Lipinski definition) is 1. The zero-order valence-electron chi connectivity index (χ0n) is 8.84. The number of rotatable bonds is 0. The molecule has 4 rings (SSSR count). The Labute approximate surface area is 81.1 Å². The largest absolute Gasteiger partial charge is 0.325 e. The van der Waals surface area contributed by atoms with Crippen molar-refractivity contribution in [1.29, 1.82) is 0 Å². The Hall–Kier alpha value is -0.0400. The van der Waals surface area contributed by atoms with Crippen molar-refractivity contribution in [2.45, 2.75) is 51.5 Å². The second-order valence-corrected chi connectivity index (χ2v) is 6.46. The Morgan fingerprint density at radius 3 is 2.62 bits per heavy atom. The molecule has 0 spiro atoms. The lowest BCUT2D eigenvalue weighted by molar-refractivity contribution is -0.103. The summed E-state index contributed by atoms with van der Waals surface area (Å²) in [4.78, 5) is 0. The average Bonchev–Trinajstić information content (AvgIpc) is 1.96. The number of hydrogen-bond acceptors (Lipinski definition) is 1. The van der Waals surface area contributed by atoms with Gasteiger partial charge in [-0.05, 0) is 55.3 Å². The molecule has 0 aromatic heterocycles. The van der Waals surface area contributed by atoms with E-state index in [0.29, 0.717) is 5.41 Å². The van der Waals surface area contributed by atoms with E-state index in [1.807, 2.05) is 0 Å². The topological polar surface area (TPSA) is 26.0 Å². The van der Waals surface area contributed by atoms with E-state index in [1.54, 1.807) is 0 Å². The van der Waals surface area contributed by atoms with Gasteiger partial charge in [0.15, 0.2) is 0 Å². The molecule has 13 heavy (non-hydrogen) atoms. The summed E-state index contributed by atoms with van der Waals surface area (Å²) >= 11 is 0. The molecule has 0 radical (unpaired) electrons. The molecule has 5 unspecified atom stereocenters. The highest BCUT2D eigenvalue weighted by molar-refractivity contribution is 5.11. The van der Waals surface area contributed by atoms with Crippen LogP contribution in [0, 0.1) is 23.2 Å². The van der Waals surface area contributed by atoms with E-state index in [4.69, 9.17) is 5.73 Å². The normalized spacial score (nSPS) is 64.4. The van der Waals surface area contributed by atoms with Crippen LogP contribution in [0.25, 0.3) is 0 Å². The van der Waals surface area contributed by atoms with Crippen molar-refractivity contribution in [3.05, 3.63) is 0 Å². The molecule has 1 heteroatoms. The highest BCUT2D eigenvalue weighted by atomic mass is 14.8. The lowest BCUT2D eigenvalue weighted by Crippen LogP contribution is -2.62. The van der Waals surface area contributed by atoms with Crippen molar-refractivity contribution in [1.82, 2.24) is 0 Å². The first kappa shape index (κ1) is 8.28. The van der Waals surface area contributed by atoms with E-state index in [1.165, 1.54) is 32.1 Å². The summed E-state index contributed by atoms with van der Waals surface area (Å²) in [7, 11) is 0. The smallest absolute Gasteiger partial charge is 0.0165 e. The summed E-state index contributed by atoms with van der Waals surface area (Å²) in [6.07, 6.45) is 6.89. The van der Waals surface area contributed by atoms with Crippen LogP contribution in [-0.4, -0.2) is 5.54 Å². The first-order valence-corrected chi connectivity index (χ1v) is 5.80. The average molecular weight is 179 g/mol. The fourth-order valence-corrected chi connectivity index (χ4v) is 4.91. The molecule has 0 heterocycles. The van der Waals surface area contributed by atoms with Crippen molar-refractivity contribution in [3.63, 3.8) is 0 Å². The van der Waals surface area contributed by atoms with Crippen molar-refractivity contribution in [2.75, 3.05) is 0 Å². The van der Waals surface area contributed by atoms with E-state index in [0.717, 1.165) is 17.8 Å². The molecular formula is C12H21N. The second kappa shape index (κ2) is 2.13. The van der Waals surface area contributed by atoms with Crippen LogP contribution in [0.4, 0.5) is 0 Å². The fraction of sp³-hybridized carbons (Fsp3) is 1.00. The van der Waals surface area contributed by atoms with Crippen LogP contribution in [0.3, 0.4) is 0 Å². The predicted octanol–water partition coefficient (Wildman–Crippen LogP) is 2.55. The van der Waals surface area contributed by atoms with Gasteiger partial charge in [-0.3, -0.25) is 0 Å². The third-order valence-corrected chi connectivity index (χ3v) is 5.32. The van der Waals surface area contributed by atoms with Crippen LogP contribution in [0.1, 0.15) is 46.0 Å². The fourth-order valence-electron chi connectivity index (χ4n) is 4.91. The molecule has 4 fully saturated rings. The monoisotopic (exact) mass is 179 g/mol. The summed E-state index contributed by atoms with van der Waals surface area (Å²) in [5.74, 6) is 2.86. The lowest BCUT2D eigenvalue weighted by Gasteiger charge is -2.63. The van der Waals surface area contributed by atoms with Crippen LogP contribution in [-0.2, 0) is 0 Å². The molecular weight excluding hydrogens is 158 g/mol. The van der Waals surface area contributed by atoms with Gasteiger partial charge in [-0.25, -0.2) is 0 Å². The van der Waals surface area contributed by atoms with Gasteiger partial charge >= 0.3 is 0 Å². The molecule has 4 aliphatic rings. The van der Waals surface area contributed by atoms with Gasteiger partial charge < -0.3 is 5.73 Å². The van der Waals surface area contributed by atoms with E-state index in [-0.39, 0.29) is 5.54 Å². The highest BCUT2D eigenvalue weighted by Gasteiger charge is 2.57. The summed E-state index contributed by atoms with van der Waals surface area (Å²) in [5, 5.41) is 0. The van der Waals surface area contributed by atoms with Gasteiger partial charge in [-0.15, -0.1) is 0 Å². The first-order chi connectivity index (χ1) is 6.01. The maximum absolute atomic E-state index is 6.47. The molecule has 5 atom stereocenters. The summed E-state index contributed by atoms with van der Waals surface area (Å²) in [6.45, 7) is 4.95. The molecule has 2 N–H and O–H groups in total. The Balaban J connectivity index is 2.01. The first-order valence-electron chi connectivity index (χ1n) is 5.80. The van der Waals surface area contributed by atoms with Gasteiger partial charge in [0, 0.05) is 5.54 Å². The predicted molar refractivity (Wildman–Crippen MR) is 54.3 cm³/mol. The van der Waals surface area contributed by atoms with Crippen LogP contribution < -0.4 is 5.73 Å². The summed E-state index contributed by atoms with van der Waals surface area (Å²) in [6, 6.07) is 0. The highest BCUT2D eigenvalue weighted by Crippen LogP contribution is 2.63. The molecule has 1 nitrogen and oxygen atoms in total. The van der Waals surface area contributed by atoms with Crippen molar-refractivity contribution in [3.8, 4) is 0 Å². The molecule has 0 aliphatic heterocycles. The standard InChI is InChI=1S/C12H21N/c1-8-10-3-9-4-11(8,2)7-12(13,5-9)6-10/h8-10H,3-7,13H2,1-2H3. The van der Waals surface area contributed by atoms with Gasteiger partial charge in [-0.2, -0.15) is 0 Å². The quantitative estimate of drug-likeness (QED) is 0.607. The van der Waals surface area contributed by atoms with Crippen LogP contribution >= 0.6 is 0 Å². The molecule has 4 aliphatic carbocycles. The van der Waals surface area contributed by atoms with E-state index < -0.39 is 0 Å². The third-order valence-electron chi connectivity index (χ3n) is 5.32. The van der Waals surface area contributed by atoms with Crippen LogP contribution in [0.5, 0.6) is 0 Å². The minimum atomic E-state index is 0.243. The zero-order valence-corrected chi connectivity index (χ0v) is 8.84. The van der Waals surface area contributed by atoms with Crippen LogP contribution in [0.15, 0.2) is 0 Å². The van der Waals surface area contributed by atoms with Gasteiger partial charge in [-0.1, -0.05) is 13.8 Å². The Morgan fingerprint density at radius 2 is 2.00 bits per heavy atom. The summed E-state index contributed by atoms with van der Waals surface area (Å²) < 4.78 is 0. The van der Waals surface area contributed by atoms with Crippen LogP contribution in [0.2, 0.25) is 0 Å². The molecule has 4 saturated carbocycles. The SMILES string of the molecule is CC1C2CC3CC(N)(C2)CC1(C)C3. The molecule has 0 aromatic carbocycles. The van der Waals surface area contributed by atoms with E-state index >= 15 is 0 Å². The van der Waals surface area contributed by atoms with Crippen molar-refractivity contribution in [2.24, 2.45) is 28.9 Å². The second-order valence-electron chi connectivity index (χ2n) is 6.46. The lowest BCUT2D eigenvalue weighted by atomic mass is 9.44. The molecule has 0 saturated heterocycles. The molecule has 4 bridgehead atoms. The van der Waals surface area contributed by atoms with Crippen molar-refractivity contribution < 1.29 is 0 Å².